The molecule has 0 bridgehead atoms. The van der Waals surface area contributed by atoms with Crippen LogP contribution in [0.5, 0.6) is 0 Å². The topological polar surface area (TPSA) is 76.3 Å². The number of nitro groups is 1. The Labute approximate surface area is 159 Å². The van der Waals surface area contributed by atoms with Crippen LogP contribution in [0.15, 0.2) is 48.5 Å². The van der Waals surface area contributed by atoms with Crippen LogP contribution in [0.2, 0.25) is 0 Å². The molecule has 0 radical (unpaired) electrons. The van der Waals surface area contributed by atoms with Crippen LogP contribution < -0.4 is 0 Å². The van der Waals surface area contributed by atoms with Crippen LogP contribution in [0.3, 0.4) is 0 Å². The Hall–Kier alpha value is -3.06. The number of nitro benzene ring substituents is 1. The lowest BCUT2D eigenvalue weighted by atomic mass is 10.1. The molecule has 2 heterocycles. The fraction of sp³-hybridized carbons (Fsp3) is 0.200. The quantitative estimate of drug-likeness (QED) is 0.487. The fourth-order valence-electron chi connectivity index (χ4n) is 2.93. The van der Waals surface area contributed by atoms with Crippen molar-refractivity contribution in [1.29, 1.82) is 0 Å². The molecule has 2 aromatic carbocycles. The molecule has 1 aliphatic rings. The molecule has 136 valence electrons. The molecule has 0 unspecified atom stereocenters. The van der Waals surface area contributed by atoms with Gasteiger partial charge in [-0.3, -0.25) is 14.9 Å². The summed E-state index contributed by atoms with van der Waals surface area (Å²) in [4.78, 5) is 29.5. The number of rotatable bonds is 5. The normalized spacial score (nSPS) is 14.2. The number of non-ortho nitro benzene ring substituents is 1. The van der Waals surface area contributed by atoms with Gasteiger partial charge in [0.25, 0.3) is 5.69 Å². The minimum Gasteiger partial charge on any atom is -0.342 e. The summed E-state index contributed by atoms with van der Waals surface area (Å²) in [6.45, 7) is 1.62. The SMILES string of the molecule is O=C(C/C(=C/c1ccc([N+](=O)[O-])cc1)c1nc2ccccc2s1)N1CCC1. The van der Waals surface area contributed by atoms with E-state index in [2.05, 4.69) is 4.98 Å². The lowest BCUT2D eigenvalue weighted by molar-refractivity contribution is -0.384. The summed E-state index contributed by atoms with van der Waals surface area (Å²) in [5.74, 6) is 0.0914. The van der Waals surface area contributed by atoms with Gasteiger partial charge in [-0.05, 0) is 47.9 Å². The standard InChI is InChI=1S/C20H17N3O3S/c24-19(22-10-3-11-22)13-15(12-14-6-8-16(9-7-14)23(25)26)20-21-17-4-1-2-5-18(17)27-20/h1-2,4-9,12H,3,10-11,13H2/b15-12-. The Balaban J connectivity index is 1.70. The second-order valence-corrected chi connectivity index (χ2v) is 7.45. The van der Waals surface area contributed by atoms with E-state index in [1.165, 1.54) is 12.1 Å². The molecule has 1 fully saturated rings. The van der Waals surface area contributed by atoms with Crippen LogP contribution in [-0.2, 0) is 4.79 Å². The third-order valence-electron chi connectivity index (χ3n) is 4.56. The van der Waals surface area contributed by atoms with Crippen LogP contribution in [-0.4, -0.2) is 33.8 Å². The molecule has 1 aliphatic heterocycles. The minimum atomic E-state index is -0.421. The number of thiazole rings is 1. The van der Waals surface area contributed by atoms with Gasteiger partial charge in [0.05, 0.1) is 21.6 Å². The Kier molecular flexibility index (Phi) is 4.68. The minimum absolute atomic E-state index is 0.0466. The number of aromatic nitrogens is 1. The van der Waals surface area contributed by atoms with E-state index in [1.54, 1.807) is 23.5 Å². The first-order valence-electron chi connectivity index (χ1n) is 8.69. The average Bonchev–Trinajstić information content (AvgIpc) is 3.04. The van der Waals surface area contributed by atoms with Crippen molar-refractivity contribution in [3.8, 4) is 0 Å². The largest absolute Gasteiger partial charge is 0.342 e. The molecule has 27 heavy (non-hydrogen) atoms. The maximum Gasteiger partial charge on any atom is 0.269 e. The Morgan fingerprint density at radius 1 is 1.19 bits per heavy atom. The Morgan fingerprint density at radius 3 is 2.56 bits per heavy atom. The van der Waals surface area contributed by atoms with E-state index < -0.39 is 4.92 Å². The van der Waals surface area contributed by atoms with E-state index in [-0.39, 0.29) is 18.0 Å². The zero-order valence-electron chi connectivity index (χ0n) is 14.5. The number of nitrogens with zero attached hydrogens (tertiary/aromatic N) is 3. The van der Waals surface area contributed by atoms with Crippen LogP contribution in [0.1, 0.15) is 23.4 Å². The van der Waals surface area contributed by atoms with E-state index in [0.717, 1.165) is 45.9 Å². The fourth-order valence-corrected chi connectivity index (χ4v) is 3.91. The highest BCUT2D eigenvalue weighted by atomic mass is 32.1. The number of carbonyl (C=O) groups is 1. The summed E-state index contributed by atoms with van der Waals surface area (Å²) in [6.07, 6.45) is 3.23. The van der Waals surface area contributed by atoms with Crippen molar-refractivity contribution in [3.63, 3.8) is 0 Å². The second kappa shape index (κ2) is 7.28. The lowest BCUT2D eigenvalue weighted by Crippen LogP contribution is -2.41. The van der Waals surface area contributed by atoms with Crippen molar-refractivity contribution >= 4 is 44.8 Å². The molecule has 0 aliphatic carbocycles. The predicted molar refractivity (Wildman–Crippen MR) is 106 cm³/mol. The number of likely N-dealkylation sites (tertiary alicyclic amines) is 1. The lowest BCUT2D eigenvalue weighted by Gasteiger charge is -2.31. The number of benzene rings is 2. The summed E-state index contributed by atoms with van der Waals surface area (Å²) in [5.41, 5.74) is 2.60. The molecule has 0 spiro atoms. The molecule has 1 amide bonds. The van der Waals surface area contributed by atoms with Gasteiger partial charge in [-0.2, -0.15) is 0 Å². The van der Waals surface area contributed by atoms with Crippen LogP contribution in [0.25, 0.3) is 21.9 Å². The number of hydrogen-bond donors (Lipinski definition) is 0. The van der Waals surface area contributed by atoms with Crippen molar-refractivity contribution in [3.05, 3.63) is 69.2 Å². The maximum atomic E-state index is 12.5. The number of para-hydroxylation sites is 1. The van der Waals surface area contributed by atoms with Gasteiger partial charge in [-0.15, -0.1) is 11.3 Å². The third-order valence-corrected chi connectivity index (χ3v) is 5.68. The summed E-state index contributed by atoms with van der Waals surface area (Å²) >= 11 is 1.55. The highest BCUT2D eigenvalue weighted by Gasteiger charge is 2.22. The van der Waals surface area contributed by atoms with E-state index in [9.17, 15) is 14.9 Å². The van der Waals surface area contributed by atoms with E-state index in [0.29, 0.717) is 0 Å². The van der Waals surface area contributed by atoms with Gasteiger partial charge < -0.3 is 4.90 Å². The number of fused-ring (bicyclic) bond motifs is 1. The molecular weight excluding hydrogens is 362 g/mol. The first-order valence-corrected chi connectivity index (χ1v) is 9.50. The van der Waals surface area contributed by atoms with Gasteiger partial charge in [-0.1, -0.05) is 12.1 Å². The number of carbonyl (C=O) groups excluding carboxylic acids is 1. The maximum absolute atomic E-state index is 12.5. The highest BCUT2D eigenvalue weighted by Crippen LogP contribution is 2.31. The predicted octanol–water partition coefficient (Wildman–Crippen LogP) is 4.37. The second-order valence-electron chi connectivity index (χ2n) is 6.42. The van der Waals surface area contributed by atoms with Crippen molar-refractivity contribution in [2.45, 2.75) is 12.8 Å². The van der Waals surface area contributed by atoms with E-state index in [4.69, 9.17) is 0 Å². The van der Waals surface area contributed by atoms with Gasteiger partial charge in [0.2, 0.25) is 5.91 Å². The molecule has 7 heteroatoms. The molecule has 6 nitrogen and oxygen atoms in total. The molecule has 0 atom stereocenters. The molecule has 1 saturated heterocycles. The van der Waals surface area contributed by atoms with Crippen molar-refractivity contribution in [2.24, 2.45) is 0 Å². The molecular formula is C20H17N3O3S. The average molecular weight is 379 g/mol. The van der Waals surface area contributed by atoms with E-state index >= 15 is 0 Å². The Morgan fingerprint density at radius 2 is 1.93 bits per heavy atom. The van der Waals surface area contributed by atoms with Crippen LogP contribution in [0, 0.1) is 10.1 Å². The smallest absolute Gasteiger partial charge is 0.269 e. The van der Waals surface area contributed by atoms with Gasteiger partial charge in [-0.25, -0.2) is 4.98 Å². The highest BCUT2D eigenvalue weighted by molar-refractivity contribution is 7.19. The first kappa shape index (κ1) is 17.4. The molecule has 4 rings (SSSR count). The Bertz CT molecular complexity index is 1000. The van der Waals surface area contributed by atoms with Gasteiger partial charge >= 0.3 is 0 Å². The van der Waals surface area contributed by atoms with Gasteiger partial charge in [0, 0.05) is 25.2 Å². The first-order chi connectivity index (χ1) is 13.1. The summed E-state index contributed by atoms with van der Waals surface area (Å²) in [6, 6.07) is 14.2. The monoisotopic (exact) mass is 379 g/mol. The molecule has 0 N–H and O–H groups in total. The summed E-state index contributed by atoms with van der Waals surface area (Å²) in [7, 11) is 0. The molecule has 0 saturated carbocycles. The van der Waals surface area contributed by atoms with Crippen molar-refractivity contribution in [2.75, 3.05) is 13.1 Å². The van der Waals surface area contributed by atoms with Crippen LogP contribution in [0.4, 0.5) is 5.69 Å². The van der Waals surface area contributed by atoms with Crippen LogP contribution >= 0.6 is 11.3 Å². The number of hydrogen-bond acceptors (Lipinski definition) is 5. The number of amides is 1. The van der Waals surface area contributed by atoms with Crippen molar-refractivity contribution in [1.82, 2.24) is 9.88 Å². The molecule has 1 aromatic heterocycles. The summed E-state index contributed by atoms with van der Waals surface area (Å²) in [5, 5.41) is 11.7. The summed E-state index contributed by atoms with van der Waals surface area (Å²) < 4.78 is 1.07. The zero-order chi connectivity index (χ0) is 18.8. The van der Waals surface area contributed by atoms with Gasteiger partial charge in [0.1, 0.15) is 5.01 Å². The van der Waals surface area contributed by atoms with Crippen molar-refractivity contribution < 1.29 is 9.72 Å². The molecule has 3 aromatic rings. The zero-order valence-corrected chi connectivity index (χ0v) is 15.3. The third kappa shape index (κ3) is 3.73. The van der Waals surface area contributed by atoms with E-state index in [1.807, 2.05) is 35.2 Å². The van der Waals surface area contributed by atoms with Gasteiger partial charge in [0.15, 0.2) is 0 Å².